The van der Waals surface area contributed by atoms with Gasteiger partial charge in [0.25, 0.3) is 0 Å². The van der Waals surface area contributed by atoms with Gasteiger partial charge < -0.3 is 11.1 Å². The van der Waals surface area contributed by atoms with Crippen molar-refractivity contribution in [2.24, 2.45) is 5.73 Å². The summed E-state index contributed by atoms with van der Waals surface area (Å²) >= 11 is 5.77. The zero-order valence-corrected chi connectivity index (χ0v) is 11.0. The largest absolute Gasteiger partial charge is 0.350 e. The Labute approximate surface area is 112 Å². The average molecular weight is 275 g/mol. The lowest BCUT2D eigenvalue weighted by Crippen LogP contribution is -2.58. The summed E-state index contributed by atoms with van der Waals surface area (Å²) in [6, 6.07) is 7.41. The summed E-state index contributed by atoms with van der Waals surface area (Å²) in [4.78, 5) is 11.7. The molecule has 0 bridgehead atoms. The van der Waals surface area contributed by atoms with Crippen LogP contribution in [0.1, 0.15) is 24.8 Å². The van der Waals surface area contributed by atoms with E-state index in [-0.39, 0.29) is 18.3 Å². The molecule has 5 heteroatoms. The van der Waals surface area contributed by atoms with Crippen LogP contribution in [0, 0.1) is 0 Å². The second-order valence-corrected chi connectivity index (χ2v) is 4.76. The Morgan fingerprint density at radius 2 is 1.94 bits per heavy atom. The summed E-state index contributed by atoms with van der Waals surface area (Å²) in [5.74, 6) is -0.0475. The van der Waals surface area contributed by atoms with Crippen LogP contribution in [0.25, 0.3) is 0 Å². The van der Waals surface area contributed by atoms with Crippen molar-refractivity contribution in [2.75, 3.05) is 0 Å². The predicted molar refractivity (Wildman–Crippen MR) is 71.3 cm³/mol. The van der Waals surface area contributed by atoms with Gasteiger partial charge in [-0.2, -0.15) is 0 Å². The molecular formula is C12H16Cl2N2O. The molecule has 1 aliphatic rings. The van der Waals surface area contributed by atoms with Crippen LogP contribution in [0.15, 0.2) is 24.3 Å². The van der Waals surface area contributed by atoms with Gasteiger partial charge in [0.15, 0.2) is 0 Å². The molecule has 1 aromatic carbocycles. The normalized spacial score (nSPS) is 16.6. The van der Waals surface area contributed by atoms with E-state index in [0.717, 1.165) is 24.8 Å². The second kappa shape index (κ2) is 5.71. The van der Waals surface area contributed by atoms with Gasteiger partial charge in [0.1, 0.15) is 0 Å². The number of hydrogen-bond acceptors (Lipinski definition) is 2. The van der Waals surface area contributed by atoms with E-state index in [1.54, 1.807) is 0 Å². The van der Waals surface area contributed by atoms with Crippen molar-refractivity contribution < 1.29 is 4.79 Å². The van der Waals surface area contributed by atoms with Crippen LogP contribution in [-0.4, -0.2) is 11.4 Å². The maximum Gasteiger partial charge on any atom is 0.240 e. The first-order valence-corrected chi connectivity index (χ1v) is 5.80. The Hall–Kier alpha value is -0.770. The number of hydrogen-bond donors (Lipinski definition) is 2. The molecule has 0 unspecified atom stereocenters. The van der Waals surface area contributed by atoms with E-state index in [1.807, 2.05) is 24.3 Å². The van der Waals surface area contributed by atoms with Crippen LogP contribution < -0.4 is 11.1 Å². The van der Waals surface area contributed by atoms with Crippen molar-refractivity contribution in [3.05, 3.63) is 34.9 Å². The molecule has 1 fully saturated rings. The molecule has 0 heterocycles. The molecule has 2 rings (SSSR count). The fraction of sp³-hybridized carbons (Fsp3) is 0.417. The highest BCUT2D eigenvalue weighted by molar-refractivity contribution is 6.30. The first-order valence-electron chi connectivity index (χ1n) is 5.42. The molecule has 1 aromatic rings. The number of carbonyl (C=O) groups is 1. The van der Waals surface area contributed by atoms with E-state index in [2.05, 4.69) is 5.32 Å². The van der Waals surface area contributed by atoms with E-state index in [1.165, 1.54) is 0 Å². The van der Waals surface area contributed by atoms with Gasteiger partial charge in [0.05, 0.1) is 5.54 Å². The number of amides is 1. The molecule has 0 atom stereocenters. The van der Waals surface area contributed by atoms with Gasteiger partial charge in [-0.05, 0) is 37.0 Å². The molecule has 0 spiro atoms. The van der Waals surface area contributed by atoms with Gasteiger partial charge in [-0.25, -0.2) is 0 Å². The second-order valence-electron chi connectivity index (χ2n) is 4.32. The molecule has 0 radical (unpaired) electrons. The van der Waals surface area contributed by atoms with Crippen LogP contribution in [-0.2, 0) is 11.3 Å². The minimum Gasteiger partial charge on any atom is -0.350 e. The number of benzene rings is 1. The maximum absolute atomic E-state index is 11.7. The molecule has 17 heavy (non-hydrogen) atoms. The highest BCUT2D eigenvalue weighted by atomic mass is 35.5. The van der Waals surface area contributed by atoms with Crippen molar-refractivity contribution in [1.29, 1.82) is 0 Å². The number of carbonyl (C=O) groups excluding carboxylic acids is 1. The van der Waals surface area contributed by atoms with E-state index in [9.17, 15) is 4.79 Å². The smallest absolute Gasteiger partial charge is 0.240 e. The van der Waals surface area contributed by atoms with Gasteiger partial charge in [0.2, 0.25) is 5.91 Å². The van der Waals surface area contributed by atoms with Gasteiger partial charge in [-0.3, -0.25) is 4.79 Å². The molecule has 1 saturated carbocycles. The number of halogens is 2. The highest BCUT2D eigenvalue weighted by Crippen LogP contribution is 2.29. The molecular weight excluding hydrogens is 259 g/mol. The van der Waals surface area contributed by atoms with Gasteiger partial charge >= 0.3 is 0 Å². The fourth-order valence-electron chi connectivity index (χ4n) is 1.75. The molecule has 1 amide bonds. The standard InChI is InChI=1S/C12H15ClN2O.ClH/c13-10-4-2-9(3-5-10)8-15-11(16)12(14)6-1-7-12;/h2-5H,1,6-8,14H2,(H,15,16);1H. The number of rotatable bonds is 3. The molecule has 0 saturated heterocycles. The minimum atomic E-state index is -0.619. The average Bonchev–Trinajstić information content (AvgIpc) is 2.24. The lowest BCUT2D eigenvalue weighted by Gasteiger charge is -2.36. The van der Waals surface area contributed by atoms with Crippen LogP contribution in [0.5, 0.6) is 0 Å². The Bertz CT molecular complexity index is 388. The molecule has 1 aliphatic carbocycles. The molecule has 3 nitrogen and oxygen atoms in total. The van der Waals surface area contributed by atoms with Crippen molar-refractivity contribution in [3.63, 3.8) is 0 Å². The van der Waals surface area contributed by atoms with Crippen LogP contribution >= 0.6 is 24.0 Å². The summed E-state index contributed by atoms with van der Waals surface area (Å²) < 4.78 is 0. The summed E-state index contributed by atoms with van der Waals surface area (Å²) in [6.07, 6.45) is 2.63. The topological polar surface area (TPSA) is 55.1 Å². The van der Waals surface area contributed by atoms with Crippen molar-refractivity contribution in [3.8, 4) is 0 Å². The molecule has 94 valence electrons. The van der Waals surface area contributed by atoms with Crippen molar-refractivity contribution >= 4 is 29.9 Å². The van der Waals surface area contributed by atoms with Gasteiger partial charge in [0, 0.05) is 11.6 Å². The first-order chi connectivity index (χ1) is 7.60. The Balaban J connectivity index is 0.00000144. The maximum atomic E-state index is 11.7. The van der Waals surface area contributed by atoms with Crippen molar-refractivity contribution in [2.45, 2.75) is 31.3 Å². The number of nitrogens with two attached hydrogens (primary N) is 1. The molecule has 0 aliphatic heterocycles. The molecule has 0 aromatic heterocycles. The van der Waals surface area contributed by atoms with Crippen LogP contribution in [0.4, 0.5) is 0 Å². The predicted octanol–water partition coefficient (Wildman–Crippen LogP) is 2.26. The van der Waals surface area contributed by atoms with E-state index in [0.29, 0.717) is 11.6 Å². The lowest BCUT2D eigenvalue weighted by atomic mass is 9.77. The third-order valence-corrected chi connectivity index (χ3v) is 3.32. The van der Waals surface area contributed by atoms with Gasteiger partial charge in [-0.15, -0.1) is 12.4 Å². The quantitative estimate of drug-likeness (QED) is 0.889. The summed E-state index contributed by atoms with van der Waals surface area (Å²) in [7, 11) is 0. The minimum absolute atomic E-state index is 0. The van der Waals surface area contributed by atoms with Crippen LogP contribution in [0.2, 0.25) is 5.02 Å². The van der Waals surface area contributed by atoms with E-state index >= 15 is 0 Å². The highest BCUT2D eigenvalue weighted by Gasteiger charge is 2.39. The monoisotopic (exact) mass is 274 g/mol. The Morgan fingerprint density at radius 1 is 1.35 bits per heavy atom. The van der Waals surface area contributed by atoms with Crippen molar-refractivity contribution in [1.82, 2.24) is 5.32 Å². The lowest BCUT2D eigenvalue weighted by molar-refractivity contribution is -0.129. The number of nitrogens with one attached hydrogen (secondary N) is 1. The van der Waals surface area contributed by atoms with Gasteiger partial charge in [-0.1, -0.05) is 23.7 Å². The first kappa shape index (κ1) is 14.3. The summed E-state index contributed by atoms with van der Waals surface area (Å²) in [5.41, 5.74) is 6.31. The Kier molecular flexibility index (Phi) is 4.80. The molecule has 3 N–H and O–H groups in total. The zero-order chi connectivity index (χ0) is 11.6. The Morgan fingerprint density at radius 3 is 2.41 bits per heavy atom. The van der Waals surface area contributed by atoms with E-state index in [4.69, 9.17) is 17.3 Å². The SMILES string of the molecule is Cl.NC1(C(=O)NCc2ccc(Cl)cc2)CCC1. The van der Waals surface area contributed by atoms with E-state index < -0.39 is 5.54 Å². The summed E-state index contributed by atoms with van der Waals surface area (Å²) in [5, 5.41) is 3.55. The third-order valence-electron chi connectivity index (χ3n) is 3.06. The summed E-state index contributed by atoms with van der Waals surface area (Å²) in [6.45, 7) is 0.509. The third kappa shape index (κ3) is 3.35. The van der Waals surface area contributed by atoms with Crippen LogP contribution in [0.3, 0.4) is 0 Å². The fourth-order valence-corrected chi connectivity index (χ4v) is 1.87. The zero-order valence-electron chi connectivity index (χ0n) is 9.41.